The van der Waals surface area contributed by atoms with Gasteiger partial charge in [0.2, 0.25) is 0 Å². The van der Waals surface area contributed by atoms with Crippen molar-refractivity contribution in [1.82, 2.24) is 4.57 Å². The summed E-state index contributed by atoms with van der Waals surface area (Å²) in [6.07, 6.45) is 3.68. The molecule has 0 bridgehead atoms. The minimum Gasteiger partial charge on any atom is -0.315 e. The van der Waals surface area contributed by atoms with Gasteiger partial charge in [-0.05, 0) is 18.9 Å². The van der Waals surface area contributed by atoms with Crippen LogP contribution in [0.4, 0.5) is 0 Å². The molecule has 0 fully saturated rings. The highest BCUT2D eigenvalue weighted by Crippen LogP contribution is 1.93. The van der Waals surface area contributed by atoms with E-state index in [-0.39, 0.29) is 5.56 Å². The van der Waals surface area contributed by atoms with Crippen molar-refractivity contribution in [3.8, 4) is 0 Å². The average Bonchev–Trinajstić information content (AvgIpc) is 2.09. The quantitative estimate of drug-likeness (QED) is 0.669. The Morgan fingerprint density at radius 3 is 2.75 bits per heavy atom. The van der Waals surface area contributed by atoms with E-state index in [1.807, 2.05) is 25.3 Å². The van der Waals surface area contributed by atoms with Crippen molar-refractivity contribution in [2.24, 2.45) is 0 Å². The maximum atomic E-state index is 11.6. The lowest BCUT2D eigenvalue weighted by atomic mass is 10.2. The summed E-state index contributed by atoms with van der Waals surface area (Å²) in [5.41, 5.74) is 1.08. The van der Waals surface area contributed by atoms with Crippen LogP contribution in [-0.2, 0) is 13.0 Å². The van der Waals surface area contributed by atoms with Gasteiger partial charge in [-0.15, -0.1) is 0 Å². The molecule has 12 heavy (non-hydrogen) atoms. The molecular formula is C10H15NO. The van der Waals surface area contributed by atoms with E-state index in [0.717, 1.165) is 24.9 Å². The molecular weight excluding hydrogens is 150 g/mol. The smallest absolute Gasteiger partial charge is 0.253 e. The summed E-state index contributed by atoms with van der Waals surface area (Å²) in [6, 6.07) is 3.84. The maximum Gasteiger partial charge on any atom is 0.253 e. The minimum atomic E-state index is 0.168. The van der Waals surface area contributed by atoms with Gasteiger partial charge in [-0.25, -0.2) is 0 Å². The number of pyridine rings is 1. The highest BCUT2D eigenvalue weighted by Gasteiger charge is 1.98. The van der Waals surface area contributed by atoms with Crippen LogP contribution in [0, 0.1) is 0 Å². The Balaban J connectivity index is 3.06. The van der Waals surface area contributed by atoms with Gasteiger partial charge < -0.3 is 4.57 Å². The molecule has 0 saturated carbocycles. The summed E-state index contributed by atoms with van der Waals surface area (Å²) in [6.45, 7) is 4.91. The van der Waals surface area contributed by atoms with Crippen molar-refractivity contribution >= 4 is 0 Å². The molecule has 0 aromatic carbocycles. The summed E-state index contributed by atoms with van der Waals surface area (Å²) >= 11 is 0. The van der Waals surface area contributed by atoms with E-state index >= 15 is 0 Å². The number of hydrogen-bond acceptors (Lipinski definition) is 1. The third kappa shape index (κ3) is 1.76. The predicted molar refractivity (Wildman–Crippen MR) is 50.4 cm³/mol. The van der Waals surface area contributed by atoms with Gasteiger partial charge in [-0.3, -0.25) is 4.79 Å². The fraction of sp³-hybridized carbons (Fsp3) is 0.500. The first-order valence-electron chi connectivity index (χ1n) is 4.48. The molecule has 66 valence electrons. The zero-order valence-electron chi connectivity index (χ0n) is 7.71. The lowest BCUT2D eigenvalue weighted by Crippen LogP contribution is -2.22. The van der Waals surface area contributed by atoms with Crippen LogP contribution in [0.25, 0.3) is 0 Å². The van der Waals surface area contributed by atoms with Crippen LogP contribution in [0.5, 0.6) is 0 Å². The van der Waals surface area contributed by atoms with Crippen molar-refractivity contribution in [2.75, 3.05) is 0 Å². The second-order valence-electron chi connectivity index (χ2n) is 2.89. The third-order valence-corrected chi connectivity index (χ3v) is 1.94. The standard InChI is InChI=1S/C10H15NO/c1-3-7-11-8-5-6-9(4-2)10(11)12/h5-6,8H,3-4,7H2,1-2H3. The molecule has 0 aliphatic heterocycles. The van der Waals surface area contributed by atoms with Gasteiger partial charge in [0, 0.05) is 18.3 Å². The molecule has 1 aromatic rings. The maximum absolute atomic E-state index is 11.6. The normalized spacial score (nSPS) is 10.2. The Labute approximate surface area is 72.8 Å². The Hall–Kier alpha value is -1.05. The molecule has 0 spiro atoms. The Morgan fingerprint density at radius 1 is 1.42 bits per heavy atom. The van der Waals surface area contributed by atoms with Gasteiger partial charge in [0.25, 0.3) is 5.56 Å². The summed E-state index contributed by atoms with van der Waals surface area (Å²) < 4.78 is 1.78. The molecule has 0 atom stereocenters. The average molecular weight is 165 g/mol. The zero-order valence-corrected chi connectivity index (χ0v) is 7.71. The lowest BCUT2D eigenvalue weighted by molar-refractivity contribution is 0.647. The first-order chi connectivity index (χ1) is 5.79. The van der Waals surface area contributed by atoms with E-state index in [2.05, 4.69) is 6.92 Å². The number of aryl methyl sites for hydroxylation is 2. The lowest BCUT2D eigenvalue weighted by Gasteiger charge is -2.04. The Bertz CT molecular complexity index is 301. The van der Waals surface area contributed by atoms with E-state index in [0.29, 0.717) is 0 Å². The van der Waals surface area contributed by atoms with E-state index in [9.17, 15) is 4.79 Å². The molecule has 0 aliphatic carbocycles. The summed E-state index contributed by atoms with van der Waals surface area (Å²) in [5.74, 6) is 0. The van der Waals surface area contributed by atoms with Gasteiger partial charge in [-0.1, -0.05) is 19.9 Å². The Morgan fingerprint density at radius 2 is 2.17 bits per heavy atom. The van der Waals surface area contributed by atoms with Crippen LogP contribution in [-0.4, -0.2) is 4.57 Å². The molecule has 0 amide bonds. The monoisotopic (exact) mass is 165 g/mol. The molecule has 2 nitrogen and oxygen atoms in total. The molecule has 2 heteroatoms. The molecule has 1 aromatic heterocycles. The van der Waals surface area contributed by atoms with Crippen LogP contribution in [0.2, 0.25) is 0 Å². The molecule has 1 rings (SSSR count). The van der Waals surface area contributed by atoms with Crippen molar-refractivity contribution in [3.05, 3.63) is 34.2 Å². The third-order valence-electron chi connectivity index (χ3n) is 1.94. The van der Waals surface area contributed by atoms with E-state index < -0.39 is 0 Å². The molecule has 0 aliphatic rings. The van der Waals surface area contributed by atoms with Crippen LogP contribution >= 0.6 is 0 Å². The van der Waals surface area contributed by atoms with Crippen molar-refractivity contribution in [1.29, 1.82) is 0 Å². The zero-order chi connectivity index (χ0) is 8.97. The SMILES string of the molecule is CCCn1cccc(CC)c1=O. The second kappa shape index (κ2) is 4.10. The fourth-order valence-electron chi connectivity index (χ4n) is 1.27. The van der Waals surface area contributed by atoms with Crippen LogP contribution in [0.1, 0.15) is 25.8 Å². The summed E-state index contributed by atoms with van der Waals surface area (Å²) in [5, 5.41) is 0. The van der Waals surface area contributed by atoms with Crippen molar-refractivity contribution < 1.29 is 0 Å². The number of nitrogens with zero attached hydrogens (tertiary/aromatic N) is 1. The summed E-state index contributed by atoms with van der Waals surface area (Å²) in [4.78, 5) is 11.6. The van der Waals surface area contributed by atoms with Gasteiger partial charge in [-0.2, -0.15) is 0 Å². The number of aromatic nitrogens is 1. The van der Waals surface area contributed by atoms with Gasteiger partial charge in [0.1, 0.15) is 0 Å². The summed E-state index contributed by atoms with van der Waals surface area (Å²) in [7, 11) is 0. The Kier molecular flexibility index (Phi) is 3.09. The molecule has 0 unspecified atom stereocenters. The van der Waals surface area contributed by atoms with Gasteiger partial charge in [0.05, 0.1) is 0 Å². The molecule has 0 N–H and O–H groups in total. The van der Waals surface area contributed by atoms with Crippen molar-refractivity contribution in [2.45, 2.75) is 33.2 Å². The minimum absolute atomic E-state index is 0.168. The largest absolute Gasteiger partial charge is 0.315 e. The van der Waals surface area contributed by atoms with Crippen LogP contribution in [0.3, 0.4) is 0 Å². The van der Waals surface area contributed by atoms with E-state index in [1.165, 1.54) is 0 Å². The molecule has 0 saturated heterocycles. The van der Waals surface area contributed by atoms with Gasteiger partial charge >= 0.3 is 0 Å². The highest BCUT2D eigenvalue weighted by molar-refractivity contribution is 5.09. The van der Waals surface area contributed by atoms with E-state index in [4.69, 9.17) is 0 Å². The second-order valence-corrected chi connectivity index (χ2v) is 2.89. The number of hydrogen-bond donors (Lipinski definition) is 0. The molecule has 0 radical (unpaired) electrons. The van der Waals surface area contributed by atoms with Crippen LogP contribution < -0.4 is 5.56 Å². The topological polar surface area (TPSA) is 22.0 Å². The van der Waals surface area contributed by atoms with Crippen LogP contribution in [0.15, 0.2) is 23.1 Å². The fourth-order valence-corrected chi connectivity index (χ4v) is 1.27. The van der Waals surface area contributed by atoms with E-state index in [1.54, 1.807) is 4.57 Å². The van der Waals surface area contributed by atoms with Gasteiger partial charge in [0.15, 0.2) is 0 Å². The highest BCUT2D eigenvalue weighted by atomic mass is 16.1. The number of rotatable bonds is 3. The first-order valence-corrected chi connectivity index (χ1v) is 4.48. The molecule has 1 heterocycles. The van der Waals surface area contributed by atoms with Crippen molar-refractivity contribution in [3.63, 3.8) is 0 Å². The first kappa shape index (κ1) is 9.04. The predicted octanol–water partition coefficient (Wildman–Crippen LogP) is 1.82.